The van der Waals surface area contributed by atoms with Crippen LogP contribution in [0.4, 0.5) is 4.39 Å². The van der Waals surface area contributed by atoms with Crippen LogP contribution in [0.1, 0.15) is 37.7 Å². The maximum atomic E-state index is 14.1. The Labute approximate surface area is 148 Å². The Morgan fingerprint density at radius 2 is 2.20 bits per heavy atom. The molecule has 1 saturated heterocycles. The fourth-order valence-electron chi connectivity index (χ4n) is 3.87. The van der Waals surface area contributed by atoms with Crippen molar-refractivity contribution in [3.05, 3.63) is 35.6 Å². The smallest absolute Gasteiger partial charge is 0.217 e. The number of halogens is 1. The van der Waals surface area contributed by atoms with E-state index in [2.05, 4.69) is 15.2 Å². The number of guanidine groups is 1. The van der Waals surface area contributed by atoms with Crippen LogP contribution in [0.15, 0.2) is 29.3 Å². The fourth-order valence-corrected chi connectivity index (χ4v) is 3.87. The number of nitrogens with one attached hydrogen (secondary N) is 1. The van der Waals surface area contributed by atoms with E-state index in [1.807, 2.05) is 12.1 Å². The standard InChI is InChI=1S/C19H27FN4O/c1-22-18(24-10-4-5-14(12-24)11-17(21)25)23-13-19(8-9-19)15-6-2-3-7-16(15)20/h2-3,6-7,14H,4-5,8-13H2,1H3,(H2,21,25)(H,22,23). The fraction of sp³-hybridized carbons (Fsp3) is 0.579. The molecule has 3 rings (SSSR count). The molecule has 6 heteroatoms. The van der Waals surface area contributed by atoms with Crippen molar-refractivity contribution in [2.75, 3.05) is 26.7 Å². The normalized spacial score (nSPS) is 22.6. The number of amides is 1. The molecule has 0 aromatic heterocycles. The molecule has 25 heavy (non-hydrogen) atoms. The first-order valence-electron chi connectivity index (χ1n) is 9.03. The number of aliphatic imine (C=N–C) groups is 1. The second-order valence-corrected chi connectivity index (χ2v) is 7.29. The summed E-state index contributed by atoms with van der Waals surface area (Å²) < 4.78 is 14.1. The summed E-state index contributed by atoms with van der Waals surface area (Å²) in [6.07, 6.45) is 4.45. The largest absolute Gasteiger partial charge is 0.370 e. The van der Waals surface area contributed by atoms with Gasteiger partial charge in [-0.1, -0.05) is 18.2 Å². The molecule has 1 aromatic carbocycles. The van der Waals surface area contributed by atoms with Crippen LogP contribution in [-0.2, 0) is 10.2 Å². The summed E-state index contributed by atoms with van der Waals surface area (Å²) in [6.45, 7) is 2.38. The van der Waals surface area contributed by atoms with Crippen molar-refractivity contribution >= 4 is 11.9 Å². The number of likely N-dealkylation sites (tertiary alicyclic amines) is 1. The van der Waals surface area contributed by atoms with Crippen molar-refractivity contribution in [3.63, 3.8) is 0 Å². The molecule has 1 aliphatic heterocycles. The predicted octanol–water partition coefficient (Wildman–Crippen LogP) is 2.02. The van der Waals surface area contributed by atoms with Crippen LogP contribution >= 0.6 is 0 Å². The number of nitrogens with two attached hydrogens (primary N) is 1. The zero-order valence-corrected chi connectivity index (χ0v) is 14.8. The summed E-state index contributed by atoms with van der Waals surface area (Å²) >= 11 is 0. The third kappa shape index (κ3) is 4.11. The number of rotatable bonds is 5. The molecule has 1 heterocycles. The minimum atomic E-state index is -0.244. The van der Waals surface area contributed by atoms with Gasteiger partial charge in [-0.25, -0.2) is 4.39 Å². The van der Waals surface area contributed by atoms with Gasteiger partial charge in [0.25, 0.3) is 0 Å². The van der Waals surface area contributed by atoms with Crippen molar-refractivity contribution in [3.8, 4) is 0 Å². The molecule has 0 bridgehead atoms. The van der Waals surface area contributed by atoms with Crippen molar-refractivity contribution in [1.29, 1.82) is 0 Å². The van der Waals surface area contributed by atoms with E-state index in [4.69, 9.17) is 5.73 Å². The molecule has 0 radical (unpaired) electrons. The molecule has 1 saturated carbocycles. The maximum absolute atomic E-state index is 14.1. The third-order valence-corrected chi connectivity index (χ3v) is 5.40. The summed E-state index contributed by atoms with van der Waals surface area (Å²) in [4.78, 5) is 17.8. The van der Waals surface area contributed by atoms with Crippen LogP contribution in [0, 0.1) is 11.7 Å². The van der Waals surface area contributed by atoms with Gasteiger partial charge in [-0.3, -0.25) is 9.79 Å². The zero-order valence-electron chi connectivity index (χ0n) is 14.8. The molecular weight excluding hydrogens is 319 g/mol. The topological polar surface area (TPSA) is 70.7 Å². The molecule has 1 aliphatic carbocycles. The maximum Gasteiger partial charge on any atom is 0.217 e. The second kappa shape index (κ2) is 7.42. The number of nitrogens with zero attached hydrogens (tertiary/aromatic N) is 2. The number of hydrogen-bond acceptors (Lipinski definition) is 2. The van der Waals surface area contributed by atoms with Crippen LogP contribution in [-0.4, -0.2) is 43.4 Å². The van der Waals surface area contributed by atoms with Crippen molar-refractivity contribution in [2.24, 2.45) is 16.6 Å². The monoisotopic (exact) mass is 346 g/mol. The van der Waals surface area contributed by atoms with E-state index in [1.165, 1.54) is 6.07 Å². The molecule has 2 aliphatic rings. The van der Waals surface area contributed by atoms with Gasteiger partial charge in [0, 0.05) is 38.5 Å². The molecule has 3 N–H and O–H groups in total. The van der Waals surface area contributed by atoms with Crippen LogP contribution in [0.5, 0.6) is 0 Å². The first-order chi connectivity index (χ1) is 12.0. The highest BCUT2D eigenvalue weighted by Gasteiger charge is 2.46. The molecule has 1 aromatic rings. The summed E-state index contributed by atoms with van der Waals surface area (Å²) in [5.41, 5.74) is 6.01. The lowest BCUT2D eigenvalue weighted by molar-refractivity contribution is -0.119. The average Bonchev–Trinajstić information content (AvgIpc) is 3.36. The minimum absolute atomic E-state index is 0.121. The Kier molecular flexibility index (Phi) is 5.25. The molecule has 1 amide bonds. The van der Waals surface area contributed by atoms with Crippen molar-refractivity contribution < 1.29 is 9.18 Å². The second-order valence-electron chi connectivity index (χ2n) is 7.29. The zero-order chi connectivity index (χ0) is 17.9. The van der Waals surface area contributed by atoms with Gasteiger partial charge in [0.2, 0.25) is 5.91 Å². The Hall–Kier alpha value is -2.11. The molecule has 1 atom stereocenters. The van der Waals surface area contributed by atoms with E-state index in [9.17, 15) is 9.18 Å². The van der Waals surface area contributed by atoms with Crippen molar-refractivity contribution in [2.45, 2.75) is 37.5 Å². The number of carbonyl (C=O) groups is 1. The summed E-state index contributed by atoms with van der Waals surface area (Å²) in [7, 11) is 1.77. The first-order valence-corrected chi connectivity index (χ1v) is 9.03. The minimum Gasteiger partial charge on any atom is -0.370 e. The van der Waals surface area contributed by atoms with Crippen LogP contribution in [0.25, 0.3) is 0 Å². The lowest BCUT2D eigenvalue weighted by Gasteiger charge is -2.35. The van der Waals surface area contributed by atoms with E-state index < -0.39 is 0 Å². The molecule has 1 unspecified atom stereocenters. The van der Waals surface area contributed by atoms with Crippen LogP contribution in [0.2, 0.25) is 0 Å². The lowest BCUT2D eigenvalue weighted by Crippen LogP contribution is -2.48. The molecule has 0 spiro atoms. The van der Waals surface area contributed by atoms with Gasteiger partial charge in [-0.2, -0.15) is 0 Å². The Balaban J connectivity index is 1.61. The van der Waals surface area contributed by atoms with Gasteiger partial charge in [0.1, 0.15) is 5.82 Å². The lowest BCUT2D eigenvalue weighted by atomic mass is 9.94. The SMILES string of the molecule is CN=C(NCC1(c2ccccc2F)CC1)N1CCCC(CC(N)=O)C1. The summed E-state index contributed by atoms with van der Waals surface area (Å²) in [6, 6.07) is 7.04. The number of hydrogen-bond donors (Lipinski definition) is 2. The molecule has 2 fully saturated rings. The Bertz CT molecular complexity index is 657. The van der Waals surface area contributed by atoms with Gasteiger partial charge in [-0.15, -0.1) is 0 Å². The van der Waals surface area contributed by atoms with Gasteiger partial charge in [-0.05, 0) is 43.2 Å². The van der Waals surface area contributed by atoms with E-state index in [0.29, 0.717) is 13.0 Å². The van der Waals surface area contributed by atoms with E-state index in [-0.39, 0.29) is 23.1 Å². The van der Waals surface area contributed by atoms with E-state index in [1.54, 1.807) is 13.1 Å². The number of primary amides is 1. The molecular formula is C19H27FN4O. The van der Waals surface area contributed by atoms with Crippen molar-refractivity contribution in [1.82, 2.24) is 10.2 Å². The number of benzene rings is 1. The van der Waals surface area contributed by atoms with Gasteiger partial charge in [0.15, 0.2) is 5.96 Å². The quantitative estimate of drug-likeness (QED) is 0.633. The van der Waals surface area contributed by atoms with Crippen LogP contribution in [0.3, 0.4) is 0 Å². The number of piperidine rings is 1. The highest BCUT2D eigenvalue weighted by Crippen LogP contribution is 2.48. The summed E-state index contributed by atoms with van der Waals surface area (Å²) in [5, 5.41) is 3.43. The number of carbonyl (C=O) groups excluding carboxylic acids is 1. The van der Waals surface area contributed by atoms with Gasteiger partial charge < -0.3 is 16.0 Å². The van der Waals surface area contributed by atoms with E-state index in [0.717, 1.165) is 50.3 Å². The average molecular weight is 346 g/mol. The predicted molar refractivity (Wildman–Crippen MR) is 96.8 cm³/mol. The highest BCUT2D eigenvalue weighted by molar-refractivity contribution is 5.80. The van der Waals surface area contributed by atoms with Gasteiger partial charge in [0.05, 0.1) is 0 Å². The molecule has 136 valence electrons. The Morgan fingerprint density at radius 3 is 2.84 bits per heavy atom. The van der Waals surface area contributed by atoms with Crippen LogP contribution < -0.4 is 11.1 Å². The molecule has 5 nitrogen and oxygen atoms in total. The highest BCUT2D eigenvalue weighted by atomic mass is 19.1. The Morgan fingerprint density at radius 1 is 1.44 bits per heavy atom. The summed E-state index contributed by atoms with van der Waals surface area (Å²) in [5.74, 6) is 0.741. The first kappa shape index (κ1) is 17.7. The van der Waals surface area contributed by atoms with Gasteiger partial charge >= 0.3 is 0 Å². The van der Waals surface area contributed by atoms with E-state index >= 15 is 0 Å². The third-order valence-electron chi connectivity index (χ3n) is 5.40.